The number of likely N-dealkylation sites (tertiary alicyclic amines) is 1. The summed E-state index contributed by atoms with van der Waals surface area (Å²) in [5.74, 6) is 1.05. The first-order chi connectivity index (χ1) is 10.3. The van der Waals surface area contributed by atoms with Gasteiger partial charge in [0.1, 0.15) is 0 Å². The van der Waals surface area contributed by atoms with Gasteiger partial charge in [0.15, 0.2) is 0 Å². The van der Waals surface area contributed by atoms with Gasteiger partial charge in [0.2, 0.25) is 5.91 Å². The molecule has 5 nitrogen and oxygen atoms in total. The number of hydrogen-bond acceptors (Lipinski definition) is 4. The number of aromatic nitrogens is 1. The summed E-state index contributed by atoms with van der Waals surface area (Å²) in [5, 5.41) is 0. The standard InChI is InChI=1S/C16H24N4O/c17-11-13-3-8-20(12-13)16(21)14-4-9-19(10-5-14)15-1-6-18-7-2-15/h1-2,6-7,13-14H,3-5,8-12,17H2/t13-/m1/s1. The maximum Gasteiger partial charge on any atom is 0.225 e. The molecule has 2 fully saturated rings. The summed E-state index contributed by atoms with van der Waals surface area (Å²) in [4.78, 5) is 21.0. The molecule has 0 unspecified atom stereocenters. The third kappa shape index (κ3) is 3.18. The molecule has 1 amide bonds. The second-order valence-electron chi connectivity index (χ2n) is 6.14. The number of nitrogens with zero attached hydrogens (tertiary/aromatic N) is 3. The van der Waals surface area contributed by atoms with Crippen molar-refractivity contribution in [3.8, 4) is 0 Å². The van der Waals surface area contributed by atoms with E-state index in [1.807, 2.05) is 29.4 Å². The van der Waals surface area contributed by atoms with E-state index in [9.17, 15) is 4.79 Å². The van der Waals surface area contributed by atoms with Crippen LogP contribution in [-0.4, -0.2) is 48.5 Å². The van der Waals surface area contributed by atoms with E-state index >= 15 is 0 Å². The molecule has 21 heavy (non-hydrogen) atoms. The molecule has 2 aliphatic heterocycles. The minimum atomic E-state index is 0.194. The Morgan fingerprint density at radius 3 is 2.52 bits per heavy atom. The van der Waals surface area contributed by atoms with Gasteiger partial charge in [-0.05, 0) is 43.9 Å². The van der Waals surface area contributed by atoms with Crippen molar-refractivity contribution in [2.45, 2.75) is 19.3 Å². The van der Waals surface area contributed by atoms with Gasteiger partial charge in [-0.2, -0.15) is 0 Å². The summed E-state index contributed by atoms with van der Waals surface area (Å²) in [7, 11) is 0. The second kappa shape index (κ2) is 6.43. The van der Waals surface area contributed by atoms with Gasteiger partial charge in [-0.3, -0.25) is 9.78 Å². The van der Waals surface area contributed by atoms with Crippen molar-refractivity contribution >= 4 is 11.6 Å². The summed E-state index contributed by atoms with van der Waals surface area (Å²) in [6.45, 7) is 4.36. The number of rotatable bonds is 3. The van der Waals surface area contributed by atoms with E-state index in [0.717, 1.165) is 45.4 Å². The molecule has 114 valence electrons. The molecule has 1 aromatic heterocycles. The summed E-state index contributed by atoms with van der Waals surface area (Å²) in [5.41, 5.74) is 6.92. The molecule has 1 atom stereocenters. The smallest absolute Gasteiger partial charge is 0.225 e. The van der Waals surface area contributed by atoms with E-state index in [1.54, 1.807) is 0 Å². The molecule has 1 aromatic rings. The molecular formula is C16H24N4O. The molecule has 5 heteroatoms. The molecule has 0 aromatic carbocycles. The Morgan fingerprint density at radius 1 is 1.19 bits per heavy atom. The quantitative estimate of drug-likeness (QED) is 0.905. The molecule has 0 saturated carbocycles. The highest BCUT2D eigenvalue weighted by Gasteiger charge is 2.32. The molecular weight excluding hydrogens is 264 g/mol. The van der Waals surface area contributed by atoms with Crippen molar-refractivity contribution in [3.05, 3.63) is 24.5 Å². The van der Waals surface area contributed by atoms with Crippen LogP contribution in [0.1, 0.15) is 19.3 Å². The number of anilines is 1. The second-order valence-corrected chi connectivity index (χ2v) is 6.14. The Hall–Kier alpha value is -1.62. The Bertz CT molecular complexity index is 470. The van der Waals surface area contributed by atoms with Gasteiger partial charge >= 0.3 is 0 Å². The maximum absolute atomic E-state index is 12.6. The fourth-order valence-corrected chi connectivity index (χ4v) is 3.42. The van der Waals surface area contributed by atoms with Crippen molar-refractivity contribution in [3.63, 3.8) is 0 Å². The molecule has 0 bridgehead atoms. The number of pyridine rings is 1. The lowest BCUT2D eigenvalue weighted by molar-refractivity contribution is -0.135. The zero-order valence-corrected chi connectivity index (χ0v) is 12.4. The highest BCUT2D eigenvalue weighted by molar-refractivity contribution is 5.79. The van der Waals surface area contributed by atoms with Crippen LogP contribution < -0.4 is 10.6 Å². The summed E-state index contributed by atoms with van der Waals surface area (Å²) in [6.07, 6.45) is 6.61. The SMILES string of the molecule is NC[C@H]1CCN(C(=O)C2CCN(c3ccncc3)CC2)C1. The summed E-state index contributed by atoms with van der Waals surface area (Å²) in [6, 6.07) is 4.07. The largest absolute Gasteiger partial charge is 0.371 e. The zero-order chi connectivity index (χ0) is 14.7. The van der Waals surface area contributed by atoms with Crippen LogP contribution >= 0.6 is 0 Å². The van der Waals surface area contributed by atoms with Gasteiger partial charge in [0.05, 0.1) is 0 Å². The van der Waals surface area contributed by atoms with Crippen molar-refractivity contribution in [1.29, 1.82) is 0 Å². The minimum Gasteiger partial charge on any atom is -0.371 e. The lowest BCUT2D eigenvalue weighted by atomic mass is 9.95. The van der Waals surface area contributed by atoms with Gasteiger partial charge in [0.25, 0.3) is 0 Å². The normalized spacial score (nSPS) is 23.6. The predicted molar refractivity (Wildman–Crippen MR) is 82.9 cm³/mol. The molecule has 0 aliphatic carbocycles. The molecule has 2 N–H and O–H groups in total. The summed E-state index contributed by atoms with van der Waals surface area (Å²) >= 11 is 0. The monoisotopic (exact) mass is 288 g/mol. The number of carbonyl (C=O) groups is 1. The zero-order valence-electron chi connectivity index (χ0n) is 12.4. The van der Waals surface area contributed by atoms with Crippen LogP contribution in [0.3, 0.4) is 0 Å². The Balaban J connectivity index is 1.53. The fraction of sp³-hybridized carbons (Fsp3) is 0.625. The van der Waals surface area contributed by atoms with Gasteiger partial charge in [-0.1, -0.05) is 0 Å². The van der Waals surface area contributed by atoms with E-state index < -0.39 is 0 Å². The number of piperidine rings is 1. The average Bonchev–Trinajstić information content (AvgIpc) is 3.04. The molecule has 0 radical (unpaired) electrons. The van der Waals surface area contributed by atoms with Crippen molar-refractivity contribution in [1.82, 2.24) is 9.88 Å². The molecule has 3 heterocycles. The number of hydrogen-bond donors (Lipinski definition) is 1. The topological polar surface area (TPSA) is 62.5 Å². The Morgan fingerprint density at radius 2 is 1.90 bits per heavy atom. The maximum atomic E-state index is 12.6. The minimum absolute atomic E-state index is 0.194. The van der Waals surface area contributed by atoms with Crippen LogP contribution in [0.25, 0.3) is 0 Å². The number of nitrogens with two attached hydrogens (primary N) is 1. The Kier molecular flexibility index (Phi) is 4.39. The fourth-order valence-electron chi connectivity index (χ4n) is 3.42. The van der Waals surface area contributed by atoms with E-state index in [2.05, 4.69) is 9.88 Å². The first kappa shape index (κ1) is 14.3. The highest BCUT2D eigenvalue weighted by atomic mass is 16.2. The van der Waals surface area contributed by atoms with E-state index in [1.165, 1.54) is 5.69 Å². The van der Waals surface area contributed by atoms with Crippen molar-refractivity contribution in [2.75, 3.05) is 37.6 Å². The van der Waals surface area contributed by atoms with Gasteiger partial charge in [-0.15, -0.1) is 0 Å². The third-order valence-electron chi connectivity index (χ3n) is 4.80. The molecule has 2 saturated heterocycles. The van der Waals surface area contributed by atoms with Crippen molar-refractivity contribution < 1.29 is 4.79 Å². The lowest BCUT2D eigenvalue weighted by Crippen LogP contribution is -2.42. The van der Waals surface area contributed by atoms with Gasteiger partial charge in [0, 0.05) is 50.2 Å². The molecule has 2 aliphatic rings. The predicted octanol–water partition coefficient (Wildman–Crippen LogP) is 1.11. The van der Waals surface area contributed by atoms with Crippen LogP contribution in [-0.2, 0) is 4.79 Å². The lowest BCUT2D eigenvalue weighted by Gasteiger charge is -2.34. The molecule has 0 spiro atoms. The average molecular weight is 288 g/mol. The molecule has 3 rings (SSSR count). The first-order valence-electron chi connectivity index (χ1n) is 7.91. The van der Waals surface area contributed by atoms with E-state index in [4.69, 9.17) is 5.73 Å². The van der Waals surface area contributed by atoms with Crippen LogP contribution in [0.4, 0.5) is 5.69 Å². The Labute approximate surface area is 126 Å². The number of amides is 1. The van der Waals surface area contributed by atoms with Crippen LogP contribution in [0.15, 0.2) is 24.5 Å². The summed E-state index contributed by atoms with van der Waals surface area (Å²) < 4.78 is 0. The van der Waals surface area contributed by atoms with Crippen LogP contribution in [0.2, 0.25) is 0 Å². The van der Waals surface area contributed by atoms with Gasteiger partial charge in [-0.25, -0.2) is 0 Å². The highest BCUT2D eigenvalue weighted by Crippen LogP contribution is 2.26. The van der Waals surface area contributed by atoms with Crippen LogP contribution in [0.5, 0.6) is 0 Å². The van der Waals surface area contributed by atoms with Gasteiger partial charge < -0.3 is 15.5 Å². The van der Waals surface area contributed by atoms with E-state index in [-0.39, 0.29) is 5.92 Å². The van der Waals surface area contributed by atoms with Crippen LogP contribution in [0, 0.1) is 11.8 Å². The third-order valence-corrected chi connectivity index (χ3v) is 4.80. The van der Waals surface area contributed by atoms with Crippen molar-refractivity contribution in [2.24, 2.45) is 17.6 Å². The van der Waals surface area contributed by atoms with E-state index in [0.29, 0.717) is 18.4 Å². The first-order valence-corrected chi connectivity index (χ1v) is 7.91. The number of carbonyl (C=O) groups excluding carboxylic acids is 1.